The molecule has 5 nitrogen and oxygen atoms in total. The van der Waals surface area contributed by atoms with Gasteiger partial charge in [0, 0.05) is 11.8 Å². The van der Waals surface area contributed by atoms with Crippen LogP contribution in [0.5, 0.6) is 5.88 Å². The Labute approximate surface area is 143 Å². The van der Waals surface area contributed by atoms with Gasteiger partial charge in [0.05, 0.1) is 23.2 Å². The Bertz CT molecular complexity index is 806. The summed E-state index contributed by atoms with van der Waals surface area (Å²) in [7, 11) is 0. The first-order valence-corrected chi connectivity index (χ1v) is 7.82. The van der Waals surface area contributed by atoms with Crippen molar-refractivity contribution in [2.24, 2.45) is 0 Å². The first-order valence-electron chi connectivity index (χ1n) is 7.07. The lowest BCUT2D eigenvalue weighted by molar-refractivity contribution is 0.328. The van der Waals surface area contributed by atoms with E-state index in [1.54, 1.807) is 23.3 Å². The summed E-state index contributed by atoms with van der Waals surface area (Å²) in [4.78, 5) is 8.36. The number of hydrogen-bond donors (Lipinski definition) is 0. The van der Waals surface area contributed by atoms with Crippen LogP contribution in [-0.4, -0.2) is 26.4 Å². The van der Waals surface area contributed by atoms with Crippen molar-refractivity contribution in [1.82, 2.24) is 19.7 Å². The second-order valence-electron chi connectivity index (χ2n) is 4.85. The molecule has 0 N–H and O–H groups in total. The number of halogens is 2. The molecule has 3 aromatic rings. The minimum atomic E-state index is 0.494. The van der Waals surface area contributed by atoms with Crippen molar-refractivity contribution in [2.75, 3.05) is 6.61 Å². The number of pyridine rings is 1. The van der Waals surface area contributed by atoms with Crippen molar-refractivity contribution in [1.29, 1.82) is 0 Å². The van der Waals surface area contributed by atoms with Gasteiger partial charge in [0.2, 0.25) is 5.88 Å². The standard InChI is InChI=1S/C16H14Cl2N4O/c1-2-23-16-13(12-3-4-14(17)15(18)6-12)5-11(7-20-16)8-22-10-19-9-21-22/h3-7,9-10H,2,8H2,1H3. The van der Waals surface area contributed by atoms with Gasteiger partial charge in [-0.15, -0.1) is 0 Å². The molecule has 0 fully saturated rings. The quantitative estimate of drug-likeness (QED) is 0.696. The van der Waals surface area contributed by atoms with Gasteiger partial charge in [-0.3, -0.25) is 0 Å². The van der Waals surface area contributed by atoms with E-state index in [4.69, 9.17) is 27.9 Å². The zero-order valence-corrected chi connectivity index (χ0v) is 13.9. The van der Waals surface area contributed by atoms with Crippen LogP contribution in [0.2, 0.25) is 10.0 Å². The Hall–Kier alpha value is -2.11. The summed E-state index contributed by atoms with van der Waals surface area (Å²) >= 11 is 12.1. The number of ether oxygens (including phenoxy) is 1. The normalized spacial score (nSPS) is 10.7. The summed E-state index contributed by atoms with van der Waals surface area (Å²) < 4.78 is 7.36. The number of nitrogens with zero attached hydrogens (tertiary/aromatic N) is 4. The Morgan fingerprint density at radius 1 is 1.17 bits per heavy atom. The van der Waals surface area contributed by atoms with Crippen LogP contribution in [0.1, 0.15) is 12.5 Å². The van der Waals surface area contributed by atoms with Gasteiger partial charge >= 0.3 is 0 Å². The molecule has 0 saturated heterocycles. The molecule has 0 bridgehead atoms. The van der Waals surface area contributed by atoms with E-state index in [2.05, 4.69) is 15.1 Å². The molecule has 0 spiro atoms. The van der Waals surface area contributed by atoms with E-state index in [1.807, 2.05) is 25.1 Å². The highest BCUT2D eigenvalue weighted by Gasteiger charge is 2.11. The van der Waals surface area contributed by atoms with Gasteiger partial charge in [-0.1, -0.05) is 29.3 Å². The summed E-state index contributed by atoms with van der Waals surface area (Å²) in [6.45, 7) is 3.03. The van der Waals surface area contributed by atoms with E-state index in [1.165, 1.54) is 6.33 Å². The highest BCUT2D eigenvalue weighted by atomic mass is 35.5. The summed E-state index contributed by atoms with van der Waals surface area (Å²) in [5.74, 6) is 0.563. The van der Waals surface area contributed by atoms with Gasteiger partial charge in [0.25, 0.3) is 0 Å². The van der Waals surface area contributed by atoms with Gasteiger partial charge in [-0.2, -0.15) is 5.10 Å². The lowest BCUT2D eigenvalue weighted by Crippen LogP contribution is -2.03. The molecule has 3 rings (SSSR count). The van der Waals surface area contributed by atoms with Crippen LogP contribution in [-0.2, 0) is 6.54 Å². The van der Waals surface area contributed by atoms with E-state index >= 15 is 0 Å². The third kappa shape index (κ3) is 3.63. The summed E-state index contributed by atoms with van der Waals surface area (Å²) in [5, 5.41) is 5.11. The van der Waals surface area contributed by atoms with E-state index in [-0.39, 0.29) is 0 Å². The maximum absolute atomic E-state index is 6.13. The molecule has 0 amide bonds. The molecule has 2 aromatic heterocycles. The molecule has 2 heterocycles. The highest BCUT2D eigenvalue weighted by Crippen LogP contribution is 2.33. The van der Waals surface area contributed by atoms with Crippen LogP contribution >= 0.6 is 23.2 Å². The van der Waals surface area contributed by atoms with Gasteiger partial charge in [-0.05, 0) is 36.2 Å². The van der Waals surface area contributed by atoms with E-state index < -0.39 is 0 Å². The number of benzene rings is 1. The Kier molecular flexibility index (Phi) is 4.79. The van der Waals surface area contributed by atoms with E-state index in [9.17, 15) is 0 Å². The smallest absolute Gasteiger partial charge is 0.221 e. The zero-order chi connectivity index (χ0) is 16.2. The Balaban J connectivity index is 2.02. The molecule has 0 unspecified atom stereocenters. The van der Waals surface area contributed by atoms with Crippen LogP contribution in [0.25, 0.3) is 11.1 Å². The molecule has 0 saturated carbocycles. The van der Waals surface area contributed by atoms with Crippen LogP contribution < -0.4 is 4.74 Å². The molecule has 0 aliphatic rings. The molecular weight excluding hydrogens is 335 g/mol. The molecule has 0 aliphatic heterocycles. The minimum absolute atomic E-state index is 0.494. The summed E-state index contributed by atoms with van der Waals surface area (Å²) in [5.41, 5.74) is 2.75. The van der Waals surface area contributed by atoms with Crippen molar-refractivity contribution in [3.63, 3.8) is 0 Å². The average Bonchev–Trinajstić information content (AvgIpc) is 3.05. The van der Waals surface area contributed by atoms with Crippen molar-refractivity contribution >= 4 is 23.2 Å². The molecule has 0 radical (unpaired) electrons. The number of aromatic nitrogens is 4. The van der Waals surface area contributed by atoms with Crippen LogP contribution in [0.4, 0.5) is 0 Å². The highest BCUT2D eigenvalue weighted by molar-refractivity contribution is 6.42. The number of hydrogen-bond acceptors (Lipinski definition) is 4. The van der Waals surface area contributed by atoms with Crippen molar-refractivity contribution < 1.29 is 4.74 Å². The SMILES string of the molecule is CCOc1ncc(Cn2cncn2)cc1-c1ccc(Cl)c(Cl)c1. The predicted molar refractivity (Wildman–Crippen MR) is 90.0 cm³/mol. The van der Waals surface area contributed by atoms with Gasteiger partial charge in [-0.25, -0.2) is 14.6 Å². The van der Waals surface area contributed by atoms with E-state index in [0.29, 0.717) is 29.1 Å². The van der Waals surface area contributed by atoms with Gasteiger partial charge < -0.3 is 4.74 Å². The molecule has 23 heavy (non-hydrogen) atoms. The largest absolute Gasteiger partial charge is 0.478 e. The molecule has 1 aromatic carbocycles. The van der Waals surface area contributed by atoms with Gasteiger partial charge in [0.15, 0.2) is 0 Å². The van der Waals surface area contributed by atoms with E-state index in [0.717, 1.165) is 16.7 Å². The first-order chi connectivity index (χ1) is 11.2. The Morgan fingerprint density at radius 2 is 2.04 bits per heavy atom. The first kappa shape index (κ1) is 15.8. The van der Waals surface area contributed by atoms with Crippen LogP contribution in [0, 0.1) is 0 Å². The molecule has 118 valence electrons. The third-order valence-electron chi connectivity index (χ3n) is 3.23. The fourth-order valence-electron chi connectivity index (χ4n) is 2.21. The van der Waals surface area contributed by atoms with Crippen LogP contribution in [0.15, 0.2) is 43.1 Å². The van der Waals surface area contributed by atoms with Crippen molar-refractivity contribution in [3.05, 3.63) is 58.7 Å². The Morgan fingerprint density at radius 3 is 2.74 bits per heavy atom. The second kappa shape index (κ2) is 6.98. The van der Waals surface area contributed by atoms with Gasteiger partial charge in [0.1, 0.15) is 12.7 Å². The number of rotatable bonds is 5. The monoisotopic (exact) mass is 348 g/mol. The lowest BCUT2D eigenvalue weighted by atomic mass is 10.1. The topological polar surface area (TPSA) is 52.8 Å². The second-order valence-corrected chi connectivity index (χ2v) is 5.67. The maximum Gasteiger partial charge on any atom is 0.221 e. The molecule has 7 heteroatoms. The molecule has 0 atom stereocenters. The fraction of sp³-hybridized carbons (Fsp3) is 0.188. The molecule has 0 aliphatic carbocycles. The van der Waals surface area contributed by atoms with Crippen molar-refractivity contribution in [2.45, 2.75) is 13.5 Å². The molecular formula is C16H14Cl2N4O. The predicted octanol–water partition coefficient (Wildman–Crippen LogP) is 4.09. The third-order valence-corrected chi connectivity index (χ3v) is 3.97. The minimum Gasteiger partial charge on any atom is -0.478 e. The lowest BCUT2D eigenvalue weighted by Gasteiger charge is -2.12. The fourth-order valence-corrected chi connectivity index (χ4v) is 2.50. The van der Waals surface area contributed by atoms with Crippen molar-refractivity contribution in [3.8, 4) is 17.0 Å². The summed E-state index contributed by atoms with van der Waals surface area (Å²) in [6.07, 6.45) is 4.94. The summed E-state index contributed by atoms with van der Waals surface area (Å²) in [6, 6.07) is 7.48. The average molecular weight is 349 g/mol. The maximum atomic E-state index is 6.13. The zero-order valence-electron chi connectivity index (χ0n) is 12.4. The van der Waals surface area contributed by atoms with Crippen LogP contribution in [0.3, 0.4) is 0 Å².